The van der Waals surface area contributed by atoms with Crippen LogP contribution in [0.3, 0.4) is 0 Å². The van der Waals surface area contributed by atoms with Crippen LogP contribution in [0.2, 0.25) is 0 Å². The second kappa shape index (κ2) is 9.49. The van der Waals surface area contributed by atoms with Gasteiger partial charge in [-0.3, -0.25) is 4.79 Å². The van der Waals surface area contributed by atoms with Crippen LogP contribution in [0.5, 0.6) is 11.5 Å². The number of carbonyl (C=O) groups is 1. The number of aromatic hydroxyl groups is 1. The summed E-state index contributed by atoms with van der Waals surface area (Å²) in [6, 6.07) is 11.5. The number of rotatable bonds is 4. The maximum absolute atomic E-state index is 13.0. The van der Waals surface area contributed by atoms with Crippen molar-refractivity contribution >= 4 is 23.0 Å². The molecule has 33 heavy (non-hydrogen) atoms. The molecule has 176 valence electrons. The van der Waals surface area contributed by atoms with Crippen molar-refractivity contribution in [3.63, 3.8) is 0 Å². The van der Waals surface area contributed by atoms with Crippen LogP contribution in [0.1, 0.15) is 12.0 Å². The third-order valence-electron chi connectivity index (χ3n) is 6.71. The van der Waals surface area contributed by atoms with Gasteiger partial charge in [0.2, 0.25) is 0 Å². The Bertz CT molecular complexity index is 983. The van der Waals surface area contributed by atoms with E-state index in [1.165, 1.54) is 0 Å². The van der Waals surface area contributed by atoms with Crippen molar-refractivity contribution in [2.75, 3.05) is 74.6 Å². The number of anilines is 3. The molecule has 2 fully saturated rings. The molecular weight excluding hydrogens is 420 g/mol. The van der Waals surface area contributed by atoms with Crippen LogP contribution in [0.4, 0.5) is 17.1 Å². The van der Waals surface area contributed by atoms with Gasteiger partial charge in [0.1, 0.15) is 11.5 Å². The van der Waals surface area contributed by atoms with E-state index in [0.717, 1.165) is 80.9 Å². The van der Waals surface area contributed by atoms with E-state index in [0.29, 0.717) is 12.8 Å². The highest BCUT2D eigenvalue weighted by Gasteiger charge is 2.30. The number of amides is 1. The van der Waals surface area contributed by atoms with Crippen molar-refractivity contribution in [2.45, 2.75) is 18.9 Å². The number of phenolic OH excluding ortho intramolecular Hbond substituents is 1. The summed E-state index contributed by atoms with van der Waals surface area (Å²) in [6.45, 7) is 6.88. The van der Waals surface area contributed by atoms with E-state index in [9.17, 15) is 9.90 Å². The highest BCUT2D eigenvalue weighted by Crippen LogP contribution is 2.41. The van der Waals surface area contributed by atoms with E-state index in [-0.39, 0.29) is 11.7 Å². The molecule has 8 nitrogen and oxygen atoms in total. The summed E-state index contributed by atoms with van der Waals surface area (Å²) in [5.41, 5.74) is 3.74. The molecule has 1 unspecified atom stereocenters. The summed E-state index contributed by atoms with van der Waals surface area (Å²) in [6.07, 6.45) is 0.710. The number of benzene rings is 2. The Morgan fingerprint density at radius 3 is 2.45 bits per heavy atom. The first kappa shape index (κ1) is 21.9. The smallest absolute Gasteiger partial charge is 0.265 e. The number of ether oxygens (including phenoxy) is 2. The quantitative estimate of drug-likeness (QED) is 0.737. The predicted octanol–water partition coefficient (Wildman–Crippen LogP) is 2.31. The summed E-state index contributed by atoms with van der Waals surface area (Å²) >= 11 is 0. The van der Waals surface area contributed by atoms with Crippen LogP contribution >= 0.6 is 0 Å². The molecule has 0 spiro atoms. The fraction of sp³-hybridized carbons (Fsp3) is 0.480. The number of nitrogens with zero attached hydrogens (tertiary/aromatic N) is 3. The molecule has 0 bridgehead atoms. The zero-order chi connectivity index (χ0) is 22.8. The lowest BCUT2D eigenvalue weighted by atomic mass is 9.99. The third kappa shape index (κ3) is 4.86. The summed E-state index contributed by atoms with van der Waals surface area (Å²) in [7, 11) is 2.11. The number of hydrogen-bond donors (Lipinski definition) is 2. The topological polar surface area (TPSA) is 77.5 Å². The van der Waals surface area contributed by atoms with Crippen molar-refractivity contribution in [2.24, 2.45) is 0 Å². The largest absolute Gasteiger partial charge is 0.508 e. The van der Waals surface area contributed by atoms with Crippen molar-refractivity contribution in [3.05, 3.63) is 42.0 Å². The number of piperazine rings is 1. The third-order valence-corrected chi connectivity index (χ3v) is 6.71. The highest BCUT2D eigenvalue weighted by molar-refractivity contribution is 5.95. The number of carbonyl (C=O) groups excluding carboxylic acids is 1. The van der Waals surface area contributed by atoms with Crippen molar-refractivity contribution < 1.29 is 19.4 Å². The Labute approximate surface area is 194 Å². The highest BCUT2D eigenvalue weighted by atomic mass is 16.5. The van der Waals surface area contributed by atoms with Gasteiger partial charge in [-0.2, -0.15) is 0 Å². The molecule has 8 heteroatoms. The number of nitrogens with one attached hydrogen (secondary N) is 1. The molecule has 0 saturated carbocycles. The Morgan fingerprint density at radius 2 is 1.73 bits per heavy atom. The number of likely N-dealkylation sites (N-methyl/N-ethyl adjacent to an activating group) is 1. The lowest BCUT2D eigenvalue weighted by molar-refractivity contribution is -0.123. The average molecular weight is 453 g/mol. The minimum atomic E-state index is -0.563. The summed E-state index contributed by atoms with van der Waals surface area (Å²) in [5.74, 6) is 0.832. The monoisotopic (exact) mass is 452 g/mol. The first-order valence-electron chi connectivity index (χ1n) is 11.8. The number of hydrogen-bond acceptors (Lipinski definition) is 7. The normalized spacial score (nSPS) is 21.3. The summed E-state index contributed by atoms with van der Waals surface area (Å²) < 4.78 is 11.7. The summed E-state index contributed by atoms with van der Waals surface area (Å²) in [4.78, 5) is 19.8. The van der Waals surface area contributed by atoms with Crippen LogP contribution < -0.4 is 19.9 Å². The van der Waals surface area contributed by atoms with Gasteiger partial charge in [0.15, 0.2) is 6.10 Å². The van der Waals surface area contributed by atoms with E-state index in [4.69, 9.17) is 9.47 Å². The van der Waals surface area contributed by atoms with Gasteiger partial charge in [0.25, 0.3) is 5.91 Å². The molecule has 2 aromatic rings. The second-order valence-corrected chi connectivity index (χ2v) is 9.02. The Balaban J connectivity index is 1.27. The molecule has 1 amide bonds. The molecule has 2 aromatic carbocycles. The molecule has 3 heterocycles. The first-order chi connectivity index (χ1) is 16.1. The van der Waals surface area contributed by atoms with E-state index in [1.54, 1.807) is 12.1 Å². The molecule has 0 radical (unpaired) electrons. The van der Waals surface area contributed by atoms with Crippen molar-refractivity contribution in [1.29, 1.82) is 0 Å². The Morgan fingerprint density at radius 1 is 1.00 bits per heavy atom. The number of phenols is 1. The first-order valence-corrected chi connectivity index (χ1v) is 11.8. The average Bonchev–Trinajstić information content (AvgIpc) is 2.85. The van der Waals surface area contributed by atoms with Gasteiger partial charge in [-0.05, 0) is 50.2 Å². The van der Waals surface area contributed by atoms with Crippen LogP contribution in [-0.2, 0) is 16.0 Å². The molecule has 3 aliphatic rings. The zero-order valence-corrected chi connectivity index (χ0v) is 19.1. The van der Waals surface area contributed by atoms with Crippen LogP contribution in [-0.4, -0.2) is 81.5 Å². The molecule has 2 saturated heterocycles. The molecule has 1 atom stereocenters. The second-order valence-electron chi connectivity index (χ2n) is 9.02. The molecular formula is C25H32N4O4. The lowest BCUT2D eigenvalue weighted by Crippen LogP contribution is -2.45. The van der Waals surface area contributed by atoms with Crippen molar-refractivity contribution in [3.8, 4) is 11.5 Å². The molecule has 3 aliphatic heterocycles. The van der Waals surface area contributed by atoms with Gasteiger partial charge in [0.05, 0.1) is 18.9 Å². The van der Waals surface area contributed by atoms with E-state index < -0.39 is 6.10 Å². The Kier molecular flexibility index (Phi) is 6.28. The standard InChI is InChI=1S/C25H32N4O4/c1-27-8-10-29(11-9-27)22-17-21(30)16-18-2-7-23(33-24(18)22)25(31)26-19-3-5-20(6-4-19)28-12-14-32-15-13-28/h3-6,16-17,23,30H,2,7-15H2,1H3,(H,26,31). The van der Waals surface area contributed by atoms with Gasteiger partial charge >= 0.3 is 0 Å². The fourth-order valence-corrected chi connectivity index (χ4v) is 4.73. The van der Waals surface area contributed by atoms with Crippen LogP contribution in [0.15, 0.2) is 36.4 Å². The fourth-order valence-electron chi connectivity index (χ4n) is 4.73. The minimum Gasteiger partial charge on any atom is -0.508 e. The van der Waals surface area contributed by atoms with E-state index >= 15 is 0 Å². The molecule has 0 aromatic heterocycles. The van der Waals surface area contributed by atoms with Crippen molar-refractivity contribution in [1.82, 2.24) is 4.90 Å². The number of aryl methyl sites for hydroxylation is 1. The van der Waals surface area contributed by atoms with Gasteiger partial charge in [0, 0.05) is 62.3 Å². The van der Waals surface area contributed by atoms with Gasteiger partial charge in [-0.15, -0.1) is 0 Å². The number of fused-ring (bicyclic) bond motifs is 1. The van der Waals surface area contributed by atoms with Crippen LogP contribution in [0, 0.1) is 0 Å². The van der Waals surface area contributed by atoms with Gasteiger partial charge in [-0.25, -0.2) is 0 Å². The molecule has 2 N–H and O–H groups in total. The number of morpholine rings is 1. The van der Waals surface area contributed by atoms with Gasteiger partial charge in [-0.1, -0.05) is 0 Å². The predicted molar refractivity (Wildman–Crippen MR) is 129 cm³/mol. The zero-order valence-electron chi connectivity index (χ0n) is 19.1. The SMILES string of the molecule is CN1CCN(c2cc(O)cc3c2OC(C(=O)Nc2ccc(N4CCOCC4)cc2)CC3)CC1. The van der Waals surface area contributed by atoms with Crippen LogP contribution in [0.25, 0.3) is 0 Å². The minimum absolute atomic E-state index is 0.142. The lowest BCUT2D eigenvalue weighted by Gasteiger charge is -2.37. The van der Waals surface area contributed by atoms with E-state index in [2.05, 4.69) is 27.1 Å². The summed E-state index contributed by atoms with van der Waals surface area (Å²) in [5, 5.41) is 13.3. The molecule has 5 rings (SSSR count). The maximum atomic E-state index is 13.0. The van der Waals surface area contributed by atoms with Gasteiger partial charge < -0.3 is 34.6 Å². The maximum Gasteiger partial charge on any atom is 0.265 e. The molecule has 0 aliphatic carbocycles. The Hall–Kier alpha value is -2.97. The van der Waals surface area contributed by atoms with E-state index in [1.807, 2.05) is 24.3 Å².